The number of hydrazone groups is 1. The van der Waals surface area contributed by atoms with Crippen LogP contribution in [0.1, 0.15) is 5.56 Å². The van der Waals surface area contributed by atoms with E-state index in [4.69, 9.17) is 5.84 Å². The molecule has 0 aromatic heterocycles. The first-order chi connectivity index (χ1) is 6.57. The highest BCUT2D eigenvalue weighted by molar-refractivity contribution is 5.85. The van der Waals surface area contributed by atoms with Crippen molar-refractivity contribution in [3.05, 3.63) is 33.6 Å². The molecule has 3 N–H and O–H groups in total. The van der Waals surface area contributed by atoms with E-state index in [-0.39, 0.29) is 0 Å². The predicted molar refractivity (Wildman–Crippen MR) is 46.5 cm³/mol. The van der Waals surface area contributed by atoms with E-state index in [2.05, 4.69) is 5.10 Å². The lowest BCUT2D eigenvalue weighted by molar-refractivity contribution is -0.385. The average molecular weight is 199 g/mol. The molecule has 0 saturated carbocycles. The lowest BCUT2D eigenvalue weighted by atomic mass is 10.2. The van der Waals surface area contributed by atoms with Crippen LogP contribution in [-0.4, -0.2) is 16.2 Å². The number of rotatable bonds is 2. The first kappa shape index (κ1) is 9.90. The van der Waals surface area contributed by atoms with Crippen LogP contribution in [-0.2, 0) is 0 Å². The maximum atomic E-state index is 13.0. The van der Waals surface area contributed by atoms with Gasteiger partial charge >= 0.3 is 5.69 Å². The van der Waals surface area contributed by atoms with Gasteiger partial charge in [-0.25, -0.2) is 4.39 Å². The van der Waals surface area contributed by atoms with Crippen molar-refractivity contribution in [2.45, 2.75) is 0 Å². The Kier molecular flexibility index (Phi) is 2.61. The Hall–Kier alpha value is -2.18. The molecular formula is C7H6FN3O3. The van der Waals surface area contributed by atoms with Crippen LogP contribution in [0.25, 0.3) is 0 Å². The van der Waals surface area contributed by atoms with Gasteiger partial charge in [-0.2, -0.15) is 5.10 Å². The van der Waals surface area contributed by atoms with E-state index in [9.17, 15) is 19.6 Å². The summed E-state index contributed by atoms with van der Waals surface area (Å²) in [7, 11) is 0. The van der Waals surface area contributed by atoms with Crippen molar-refractivity contribution in [1.82, 2.24) is 0 Å². The third kappa shape index (κ3) is 1.60. The minimum Gasteiger partial charge on any atom is -0.502 e. The zero-order valence-electron chi connectivity index (χ0n) is 6.85. The van der Waals surface area contributed by atoms with Crippen LogP contribution in [0, 0.1) is 15.9 Å². The summed E-state index contributed by atoms with van der Waals surface area (Å²) in [5.74, 6) is 3.13. The molecule has 0 aliphatic rings. The van der Waals surface area contributed by atoms with E-state index in [0.717, 1.165) is 18.3 Å². The number of phenols is 1. The van der Waals surface area contributed by atoms with Gasteiger partial charge in [0.05, 0.1) is 16.7 Å². The molecular weight excluding hydrogens is 193 g/mol. The molecule has 0 amide bonds. The molecule has 1 aromatic rings. The van der Waals surface area contributed by atoms with E-state index in [1.165, 1.54) is 0 Å². The van der Waals surface area contributed by atoms with Crippen molar-refractivity contribution >= 4 is 11.9 Å². The number of nitro groups is 1. The van der Waals surface area contributed by atoms with Crippen LogP contribution in [0.3, 0.4) is 0 Å². The second-order valence-corrected chi connectivity index (χ2v) is 2.36. The van der Waals surface area contributed by atoms with Crippen molar-refractivity contribution < 1.29 is 14.4 Å². The van der Waals surface area contributed by atoms with Crippen LogP contribution in [0.4, 0.5) is 10.1 Å². The normalized spacial score (nSPS) is 10.6. The summed E-state index contributed by atoms with van der Waals surface area (Å²) in [6.07, 6.45) is 0.803. The minimum atomic E-state index is -0.831. The van der Waals surface area contributed by atoms with Gasteiger partial charge in [0.1, 0.15) is 5.82 Å². The molecule has 6 nitrogen and oxygen atoms in total. The molecule has 0 atom stereocenters. The number of nitrogens with zero attached hydrogens (tertiary/aromatic N) is 2. The van der Waals surface area contributed by atoms with Crippen LogP contribution < -0.4 is 5.84 Å². The Morgan fingerprint density at radius 2 is 2.29 bits per heavy atom. The van der Waals surface area contributed by atoms with Crippen LogP contribution in [0.5, 0.6) is 5.75 Å². The summed E-state index contributed by atoms with van der Waals surface area (Å²) in [6.45, 7) is 0. The summed E-state index contributed by atoms with van der Waals surface area (Å²) < 4.78 is 13.0. The fourth-order valence-corrected chi connectivity index (χ4v) is 0.917. The van der Waals surface area contributed by atoms with Crippen molar-refractivity contribution in [2.75, 3.05) is 0 Å². The molecule has 0 heterocycles. The number of nitrogens with two attached hydrogens (primary N) is 1. The number of aromatic hydroxyl groups is 1. The molecule has 0 unspecified atom stereocenters. The topological polar surface area (TPSA) is 102 Å². The molecule has 7 heteroatoms. The third-order valence-corrected chi connectivity index (χ3v) is 1.54. The second-order valence-electron chi connectivity index (χ2n) is 2.36. The fraction of sp³-hybridized carbons (Fsp3) is 0. The van der Waals surface area contributed by atoms with Crippen molar-refractivity contribution in [1.29, 1.82) is 0 Å². The Balaban J connectivity index is 3.40. The van der Waals surface area contributed by atoms with Crippen LogP contribution >= 0.6 is 0 Å². The zero-order chi connectivity index (χ0) is 10.7. The molecule has 74 valence electrons. The molecule has 0 aliphatic carbocycles. The number of nitro benzene ring substituents is 1. The lowest BCUT2D eigenvalue weighted by Gasteiger charge is -2.00. The highest BCUT2D eigenvalue weighted by atomic mass is 19.1. The quantitative estimate of drug-likeness (QED) is 0.317. The summed E-state index contributed by atoms with van der Waals surface area (Å²) >= 11 is 0. The molecule has 1 aromatic carbocycles. The maximum absolute atomic E-state index is 13.0. The Bertz CT molecular complexity index is 405. The van der Waals surface area contributed by atoms with Crippen molar-refractivity contribution in [3.8, 4) is 5.75 Å². The Labute approximate surface area is 77.6 Å². The molecule has 14 heavy (non-hydrogen) atoms. The van der Waals surface area contributed by atoms with E-state index < -0.39 is 27.7 Å². The largest absolute Gasteiger partial charge is 0.502 e. The molecule has 0 radical (unpaired) electrons. The number of hydrogen-bond acceptors (Lipinski definition) is 5. The summed E-state index contributed by atoms with van der Waals surface area (Å²) in [6, 6.07) is 1.72. The average Bonchev–Trinajstić information content (AvgIpc) is 2.11. The Morgan fingerprint density at radius 1 is 1.64 bits per heavy atom. The minimum absolute atomic E-state index is 0.401. The number of phenolic OH excluding ortho intramolecular Hbond substituents is 1. The van der Waals surface area contributed by atoms with Gasteiger partial charge in [0.2, 0.25) is 5.75 Å². The monoisotopic (exact) mass is 199 g/mol. The molecule has 0 aliphatic heterocycles. The van der Waals surface area contributed by atoms with Crippen LogP contribution in [0.2, 0.25) is 0 Å². The molecule has 0 spiro atoms. The smallest absolute Gasteiger partial charge is 0.311 e. The molecule has 0 saturated heterocycles. The van der Waals surface area contributed by atoms with Crippen molar-refractivity contribution in [3.63, 3.8) is 0 Å². The number of halogens is 1. The molecule has 0 fully saturated rings. The SMILES string of the molecule is NN=Cc1c(F)ccc([N+](=O)[O-])c1O. The third-order valence-electron chi connectivity index (χ3n) is 1.54. The summed E-state index contributed by atoms with van der Waals surface area (Å²) in [5, 5.41) is 22.6. The molecule has 0 bridgehead atoms. The maximum Gasteiger partial charge on any atom is 0.311 e. The van der Waals surface area contributed by atoms with Gasteiger partial charge in [0.15, 0.2) is 0 Å². The highest BCUT2D eigenvalue weighted by Crippen LogP contribution is 2.29. The van der Waals surface area contributed by atoms with Gasteiger partial charge in [0, 0.05) is 6.07 Å². The molecule has 1 rings (SSSR count). The fourth-order valence-electron chi connectivity index (χ4n) is 0.917. The second kappa shape index (κ2) is 3.69. The highest BCUT2D eigenvalue weighted by Gasteiger charge is 2.19. The van der Waals surface area contributed by atoms with E-state index in [1.54, 1.807) is 0 Å². The van der Waals surface area contributed by atoms with E-state index in [0.29, 0.717) is 0 Å². The summed E-state index contributed by atoms with van der Waals surface area (Å²) in [5.41, 5.74) is -0.997. The van der Waals surface area contributed by atoms with Gasteiger partial charge in [-0.05, 0) is 6.07 Å². The number of benzene rings is 1. The first-order valence-electron chi connectivity index (χ1n) is 3.47. The first-order valence-corrected chi connectivity index (χ1v) is 3.47. The number of hydrogen-bond donors (Lipinski definition) is 2. The van der Waals surface area contributed by atoms with Gasteiger partial charge in [-0.15, -0.1) is 0 Å². The van der Waals surface area contributed by atoms with E-state index in [1.807, 2.05) is 0 Å². The predicted octanol–water partition coefficient (Wildman–Crippen LogP) is 0.732. The summed E-state index contributed by atoms with van der Waals surface area (Å²) in [4.78, 5) is 9.51. The Morgan fingerprint density at radius 3 is 2.79 bits per heavy atom. The standard InChI is InChI=1S/C7H6FN3O3/c8-5-1-2-6(11(13)14)7(12)4(5)3-10-9/h1-3,12H,9H2. The lowest BCUT2D eigenvalue weighted by Crippen LogP contribution is -1.96. The van der Waals surface area contributed by atoms with Gasteiger partial charge in [0.25, 0.3) is 0 Å². The van der Waals surface area contributed by atoms with Gasteiger partial charge in [-0.1, -0.05) is 0 Å². The van der Waals surface area contributed by atoms with Gasteiger partial charge in [-0.3, -0.25) is 10.1 Å². The van der Waals surface area contributed by atoms with E-state index >= 15 is 0 Å². The van der Waals surface area contributed by atoms with Gasteiger partial charge < -0.3 is 10.9 Å². The zero-order valence-corrected chi connectivity index (χ0v) is 6.85. The van der Waals surface area contributed by atoms with Crippen LogP contribution in [0.15, 0.2) is 17.2 Å². The van der Waals surface area contributed by atoms with Crippen molar-refractivity contribution in [2.24, 2.45) is 10.9 Å².